The number of halogens is 3. The summed E-state index contributed by atoms with van der Waals surface area (Å²) in [6.07, 6.45) is -3.60. The van der Waals surface area contributed by atoms with Gasteiger partial charge in [0.2, 0.25) is 0 Å². The summed E-state index contributed by atoms with van der Waals surface area (Å²) in [5.41, 5.74) is 0.498. The molecule has 0 bridgehead atoms. The Morgan fingerprint density at radius 2 is 2.00 bits per heavy atom. The van der Waals surface area contributed by atoms with E-state index in [-0.39, 0.29) is 12.1 Å². The highest BCUT2D eigenvalue weighted by Gasteiger charge is 2.32. The van der Waals surface area contributed by atoms with Crippen molar-refractivity contribution < 1.29 is 22.5 Å². The van der Waals surface area contributed by atoms with Gasteiger partial charge in [-0.15, -0.1) is 0 Å². The summed E-state index contributed by atoms with van der Waals surface area (Å²) < 4.78 is 42.3. The zero-order valence-corrected chi connectivity index (χ0v) is 12.2. The molecule has 2 rings (SSSR count). The number of aryl methyl sites for hydroxylation is 2. The van der Waals surface area contributed by atoms with Crippen LogP contribution in [0, 0.1) is 13.8 Å². The Bertz CT molecular complexity index is 658. The third-order valence-electron chi connectivity index (χ3n) is 3.22. The molecule has 118 valence electrons. The molecule has 0 aliphatic rings. The number of aromatic nitrogens is 2. The minimum Gasteiger partial charge on any atom is -0.361 e. The van der Waals surface area contributed by atoms with Crippen LogP contribution in [0.25, 0.3) is 0 Å². The fourth-order valence-corrected chi connectivity index (χ4v) is 1.95. The second kappa shape index (κ2) is 5.78. The SMILES string of the molecule is Cc1noc(C)c1CN(C)C(=O)c1ccc(C(F)(F)F)nc1. The fraction of sp³-hybridized carbons (Fsp3) is 0.357. The lowest BCUT2D eigenvalue weighted by molar-refractivity contribution is -0.141. The third-order valence-corrected chi connectivity index (χ3v) is 3.22. The molecule has 1 amide bonds. The highest BCUT2D eigenvalue weighted by molar-refractivity contribution is 5.93. The van der Waals surface area contributed by atoms with Crippen LogP contribution in [-0.2, 0) is 12.7 Å². The largest absolute Gasteiger partial charge is 0.433 e. The number of hydrogen-bond donors (Lipinski definition) is 0. The Morgan fingerprint density at radius 1 is 1.32 bits per heavy atom. The maximum absolute atomic E-state index is 12.4. The van der Waals surface area contributed by atoms with Gasteiger partial charge in [0, 0.05) is 18.8 Å². The van der Waals surface area contributed by atoms with Crippen LogP contribution in [0.2, 0.25) is 0 Å². The predicted octanol–water partition coefficient (Wildman–Crippen LogP) is 2.98. The predicted molar refractivity (Wildman–Crippen MR) is 71.0 cm³/mol. The molecule has 2 aromatic heterocycles. The van der Waals surface area contributed by atoms with Gasteiger partial charge in [0.25, 0.3) is 5.91 Å². The molecule has 2 aromatic rings. The molecule has 0 fully saturated rings. The van der Waals surface area contributed by atoms with Crippen molar-refractivity contribution in [3.63, 3.8) is 0 Å². The number of alkyl halides is 3. The lowest BCUT2D eigenvalue weighted by atomic mass is 10.1. The molecule has 0 saturated carbocycles. The zero-order valence-electron chi connectivity index (χ0n) is 12.2. The van der Waals surface area contributed by atoms with Crippen molar-refractivity contribution in [1.82, 2.24) is 15.0 Å². The van der Waals surface area contributed by atoms with E-state index in [1.807, 2.05) is 0 Å². The minimum atomic E-state index is -4.52. The quantitative estimate of drug-likeness (QED) is 0.874. The fourth-order valence-electron chi connectivity index (χ4n) is 1.95. The van der Waals surface area contributed by atoms with Crippen molar-refractivity contribution in [2.45, 2.75) is 26.6 Å². The van der Waals surface area contributed by atoms with Crippen LogP contribution in [0.5, 0.6) is 0 Å². The number of nitrogens with zero attached hydrogens (tertiary/aromatic N) is 3. The van der Waals surface area contributed by atoms with E-state index in [9.17, 15) is 18.0 Å². The Kier molecular flexibility index (Phi) is 4.20. The van der Waals surface area contributed by atoms with E-state index in [0.717, 1.165) is 23.9 Å². The van der Waals surface area contributed by atoms with Crippen molar-refractivity contribution >= 4 is 5.91 Å². The molecule has 0 aliphatic heterocycles. The van der Waals surface area contributed by atoms with Gasteiger partial charge in [0.1, 0.15) is 11.5 Å². The summed E-state index contributed by atoms with van der Waals surface area (Å²) >= 11 is 0. The lowest BCUT2D eigenvalue weighted by Gasteiger charge is -2.17. The van der Waals surface area contributed by atoms with E-state index in [2.05, 4.69) is 10.1 Å². The van der Waals surface area contributed by atoms with Crippen LogP contribution in [0.15, 0.2) is 22.9 Å². The van der Waals surface area contributed by atoms with E-state index in [4.69, 9.17) is 4.52 Å². The normalized spacial score (nSPS) is 11.5. The average molecular weight is 313 g/mol. The van der Waals surface area contributed by atoms with Crippen LogP contribution in [0.1, 0.15) is 33.1 Å². The molecule has 2 heterocycles. The summed E-state index contributed by atoms with van der Waals surface area (Å²) in [5.74, 6) is 0.170. The molecule has 22 heavy (non-hydrogen) atoms. The van der Waals surface area contributed by atoms with Crippen molar-refractivity contribution in [2.75, 3.05) is 7.05 Å². The number of pyridine rings is 1. The summed E-state index contributed by atoms with van der Waals surface area (Å²) in [4.78, 5) is 16.9. The molecule has 5 nitrogen and oxygen atoms in total. The zero-order chi connectivity index (χ0) is 16.5. The number of rotatable bonds is 3. The lowest BCUT2D eigenvalue weighted by Crippen LogP contribution is -2.27. The number of hydrogen-bond acceptors (Lipinski definition) is 4. The smallest absolute Gasteiger partial charge is 0.361 e. The van der Waals surface area contributed by atoms with Gasteiger partial charge in [-0.3, -0.25) is 9.78 Å². The minimum absolute atomic E-state index is 0.0854. The van der Waals surface area contributed by atoms with Gasteiger partial charge < -0.3 is 9.42 Å². The Morgan fingerprint density at radius 3 is 2.45 bits per heavy atom. The molecule has 0 aliphatic carbocycles. The molecule has 0 saturated heterocycles. The number of carbonyl (C=O) groups excluding carboxylic acids is 1. The van der Waals surface area contributed by atoms with E-state index in [1.165, 1.54) is 4.90 Å². The molecule has 0 spiro atoms. The van der Waals surface area contributed by atoms with Crippen molar-refractivity contribution in [3.8, 4) is 0 Å². The number of carbonyl (C=O) groups is 1. The van der Waals surface area contributed by atoms with Crippen molar-refractivity contribution in [1.29, 1.82) is 0 Å². The molecular formula is C14H14F3N3O2. The van der Waals surface area contributed by atoms with Gasteiger partial charge in [-0.25, -0.2) is 0 Å². The summed E-state index contributed by atoms with van der Waals surface area (Å²) in [6, 6.07) is 1.90. The van der Waals surface area contributed by atoms with E-state index < -0.39 is 17.8 Å². The number of amides is 1. The second-order valence-electron chi connectivity index (χ2n) is 4.89. The van der Waals surface area contributed by atoms with Gasteiger partial charge in [-0.1, -0.05) is 5.16 Å². The van der Waals surface area contributed by atoms with Crippen LogP contribution < -0.4 is 0 Å². The summed E-state index contributed by atoms with van der Waals surface area (Å²) in [6.45, 7) is 3.73. The molecule has 0 radical (unpaired) electrons. The monoisotopic (exact) mass is 313 g/mol. The van der Waals surface area contributed by atoms with Gasteiger partial charge in [0.05, 0.1) is 17.8 Å². The van der Waals surface area contributed by atoms with E-state index >= 15 is 0 Å². The van der Waals surface area contributed by atoms with E-state index in [0.29, 0.717) is 11.5 Å². The molecule has 0 unspecified atom stereocenters. The van der Waals surface area contributed by atoms with E-state index in [1.54, 1.807) is 20.9 Å². The third kappa shape index (κ3) is 3.26. The molecular weight excluding hydrogens is 299 g/mol. The van der Waals surface area contributed by atoms with Gasteiger partial charge in [-0.05, 0) is 26.0 Å². The second-order valence-corrected chi connectivity index (χ2v) is 4.89. The highest BCUT2D eigenvalue weighted by Crippen LogP contribution is 2.27. The van der Waals surface area contributed by atoms with Crippen LogP contribution in [0.4, 0.5) is 13.2 Å². The Balaban J connectivity index is 2.14. The Hall–Kier alpha value is -2.38. The molecule has 0 aromatic carbocycles. The standard InChI is InChI=1S/C14H14F3N3O2/c1-8-11(9(2)22-19-8)7-20(3)13(21)10-4-5-12(18-6-10)14(15,16)17/h4-6H,7H2,1-3H3. The topological polar surface area (TPSA) is 59.2 Å². The van der Waals surface area contributed by atoms with Crippen LogP contribution >= 0.6 is 0 Å². The van der Waals surface area contributed by atoms with Crippen molar-refractivity contribution in [2.24, 2.45) is 0 Å². The molecule has 0 N–H and O–H groups in total. The first-order valence-corrected chi connectivity index (χ1v) is 6.40. The first-order chi connectivity index (χ1) is 10.2. The van der Waals surface area contributed by atoms with Crippen molar-refractivity contribution in [3.05, 3.63) is 46.6 Å². The molecule has 8 heteroatoms. The summed E-state index contributed by atoms with van der Waals surface area (Å²) in [5, 5.41) is 3.79. The van der Waals surface area contributed by atoms with Crippen LogP contribution in [-0.4, -0.2) is 28.0 Å². The van der Waals surface area contributed by atoms with Gasteiger partial charge in [-0.2, -0.15) is 13.2 Å². The Labute approximate surface area is 124 Å². The first kappa shape index (κ1) is 16.0. The van der Waals surface area contributed by atoms with Gasteiger partial charge >= 0.3 is 6.18 Å². The average Bonchev–Trinajstić information content (AvgIpc) is 2.77. The maximum atomic E-state index is 12.4. The highest BCUT2D eigenvalue weighted by atomic mass is 19.4. The maximum Gasteiger partial charge on any atom is 0.433 e. The van der Waals surface area contributed by atoms with Crippen LogP contribution in [0.3, 0.4) is 0 Å². The molecule has 0 atom stereocenters. The first-order valence-electron chi connectivity index (χ1n) is 6.40. The summed E-state index contributed by atoms with van der Waals surface area (Å²) in [7, 11) is 1.55. The van der Waals surface area contributed by atoms with Gasteiger partial charge in [0.15, 0.2) is 0 Å².